The van der Waals surface area contributed by atoms with Gasteiger partial charge in [-0.15, -0.1) is 0 Å². The predicted molar refractivity (Wildman–Crippen MR) is 89.8 cm³/mol. The molecule has 1 heterocycles. The Morgan fingerprint density at radius 1 is 1.09 bits per heavy atom. The largest absolute Gasteiger partial charge is 0.392 e. The van der Waals surface area contributed by atoms with Crippen LogP contribution in [0.2, 0.25) is 0 Å². The number of nitrogens with zero attached hydrogens (tertiary/aromatic N) is 4. The lowest BCUT2D eigenvalue weighted by atomic mass is 10.1. The molecule has 0 radical (unpaired) electrons. The molecule has 0 atom stereocenters. The van der Waals surface area contributed by atoms with Crippen molar-refractivity contribution in [3.8, 4) is 11.1 Å². The second-order valence-electron chi connectivity index (χ2n) is 5.79. The molecule has 0 amide bonds. The normalized spacial score (nSPS) is 11.0. The Labute approximate surface area is 136 Å². The SMILES string of the molecule is CN(C)CCCN(C)c1ncc(-c2cccc(CO)c2F)cn1. The van der Waals surface area contributed by atoms with Crippen molar-refractivity contribution >= 4 is 5.95 Å². The summed E-state index contributed by atoms with van der Waals surface area (Å²) in [5.41, 5.74) is 1.27. The number of benzene rings is 1. The molecule has 0 aliphatic heterocycles. The second-order valence-corrected chi connectivity index (χ2v) is 5.79. The van der Waals surface area contributed by atoms with Gasteiger partial charge in [0.2, 0.25) is 5.95 Å². The summed E-state index contributed by atoms with van der Waals surface area (Å²) < 4.78 is 14.2. The molecule has 6 heteroatoms. The number of aliphatic hydroxyl groups excluding tert-OH is 1. The third-order valence-corrected chi connectivity index (χ3v) is 3.64. The minimum absolute atomic E-state index is 0.271. The first-order chi connectivity index (χ1) is 11.0. The zero-order valence-electron chi connectivity index (χ0n) is 13.8. The molecule has 1 N–H and O–H groups in total. The number of rotatable bonds is 7. The predicted octanol–water partition coefficient (Wildman–Crippen LogP) is 2.16. The Morgan fingerprint density at radius 3 is 2.39 bits per heavy atom. The Hall–Kier alpha value is -2.05. The maximum Gasteiger partial charge on any atom is 0.225 e. The molecule has 0 bridgehead atoms. The van der Waals surface area contributed by atoms with Crippen LogP contribution in [-0.2, 0) is 6.61 Å². The Bertz CT molecular complexity index is 631. The van der Waals surface area contributed by atoms with E-state index in [1.54, 1.807) is 30.6 Å². The lowest BCUT2D eigenvalue weighted by Gasteiger charge is -2.18. The molecule has 0 unspecified atom stereocenters. The van der Waals surface area contributed by atoms with Crippen molar-refractivity contribution in [3.63, 3.8) is 0 Å². The summed E-state index contributed by atoms with van der Waals surface area (Å²) in [5, 5.41) is 9.15. The molecule has 124 valence electrons. The van der Waals surface area contributed by atoms with Crippen molar-refractivity contribution < 1.29 is 9.50 Å². The molecule has 0 spiro atoms. The molecule has 5 nitrogen and oxygen atoms in total. The molecule has 23 heavy (non-hydrogen) atoms. The van der Waals surface area contributed by atoms with Crippen molar-refractivity contribution in [2.45, 2.75) is 13.0 Å². The summed E-state index contributed by atoms with van der Waals surface area (Å²) in [4.78, 5) is 12.8. The van der Waals surface area contributed by atoms with Crippen LogP contribution in [0, 0.1) is 5.82 Å². The first kappa shape index (κ1) is 17.3. The number of halogens is 1. The Balaban J connectivity index is 2.10. The first-order valence-electron chi connectivity index (χ1n) is 7.59. The number of aliphatic hydroxyl groups is 1. The molecule has 0 fully saturated rings. The van der Waals surface area contributed by atoms with Crippen LogP contribution in [0.25, 0.3) is 11.1 Å². The monoisotopic (exact) mass is 318 g/mol. The van der Waals surface area contributed by atoms with Gasteiger partial charge in [-0.3, -0.25) is 0 Å². The molecular formula is C17H23FN4O. The van der Waals surface area contributed by atoms with Crippen LogP contribution in [0.15, 0.2) is 30.6 Å². The van der Waals surface area contributed by atoms with Gasteiger partial charge in [0.1, 0.15) is 5.82 Å². The summed E-state index contributed by atoms with van der Waals surface area (Å²) in [6.45, 7) is 1.53. The second kappa shape index (κ2) is 7.99. The summed E-state index contributed by atoms with van der Waals surface area (Å²) in [6, 6.07) is 4.94. The van der Waals surface area contributed by atoms with E-state index in [0.717, 1.165) is 19.5 Å². The van der Waals surface area contributed by atoms with E-state index >= 15 is 0 Å². The third kappa shape index (κ3) is 4.46. The van der Waals surface area contributed by atoms with E-state index in [2.05, 4.69) is 14.9 Å². The smallest absolute Gasteiger partial charge is 0.225 e. The van der Waals surface area contributed by atoms with Crippen molar-refractivity contribution in [1.82, 2.24) is 14.9 Å². The minimum Gasteiger partial charge on any atom is -0.392 e. The average molecular weight is 318 g/mol. The Morgan fingerprint density at radius 2 is 1.78 bits per heavy atom. The van der Waals surface area contributed by atoms with Gasteiger partial charge >= 0.3 is 0 Å². The van der Waals surface area contributed by atoms with Gasteiger partial charge in [0, 0.05) is 42.7 Å². The van der Waals surface area contributed by atoms with Crippen LogP contribution in [0.4, 0.5) is 10.3 Å². The highest BCUT2D eigenvalue weighted by Crippen LogP contribution is 2.24. The highest BCUT2D eigenvalue weighted by molar-refractivity contribution is 5.63. The molecule has 0 saturated carbocycles. The van der Waals surface area contributed by atoms with Crippen molar-refractivity contribution in [2.75, 3.05) is 39.1 Å². The highest BCUT2D eigenvalue weighted by Gasteiger charge is 2.11. The Kier molecular flexibility index (Phi) is 6.01. The molecule has 0 saturated heterocycles. The van der Waals surface area contributed by atoms with E-state index in [9.17, 15) is 4.39 Å². The van der Waals surface area contributed by atoms with E-state index in [0.29, 0.717) is 17.1 Å². The van der Waals surface area contributed by atoms with E-state index in [1.165, 1.54) is 0 Å². The minimum atomic E-state index is -0.425. The lowest BCUT2D eigenvalue weighted by Crippen LogP contribution is -2.24. The van der Waals surface area contributed by atoms with Crippen LogP contribution >= 0.6 is 0 Å². The fraction of sp³-hybridized carbons (Fsp3) is 0.412. The highest BCUT2D eigenvalue weighted by atomic mass is 19.1. The van der Waals surface area contributed by atoms with E-state index in [4.69, 9.17) is 5.11 Å². The van der Waals surface area contributed by atoms with E-state index < -0.39 is 5.82 Å². The fourth-order valence-corrected chi connectivity index (χ4v) is 2.31. The maximum absolute atomic E-state index is 14.2. The standard InChI is InChI=1S/C17H23FN4O/c1-21(2)8-5-9-22(3)17-19-10-14(11-20-17)15-7-4-6-13(12-23)16(15)18/h4,6-7,10-11,23H,5,8-9,12H2,1-3H3. The topological polar surface area (TPSA) is 52.5 Å². The zero-order chi connectivity index (χ0) is 16.8. The van der Waals surface area contributed by atoms with Gasteiger partial charge in [0.25, 0.3) is 0 Å². The van der Waals surface area contributed by atoms with E-state index in [-0.39, 0.29) is 12.2 Å². The van der Waals surface area contributed by atoms with Crippen LogP contribution in [0.1, 0.15) is 12.0 Å². The van der Waals surface area contributed by atoms with E-state index in [1.807, 2.05) is 26.0 Å². The van der Waals surface area contributed by atoms with Crippen LogP contribution in [0.5, 0.6) is 0 Å². The van der Waals surface area contributed by atoms with Gasteiger partial charge < -0.3 is 14.9 Å². The molecular weight excluding hydrogens is 295 g/mol. The van der Waals surface area contributed by atoms with Crippen LogP contribution < -0.4 is 4.90 Å². The molecule has 1 aromatic heterocycles. The summed E-state index contributed by atoms with van der Waals surface area (Å²) in [5.74, 6) is 0.192. The maximum atomic E-state index is 14.2. The summed E-state index contributed by atoms with van der Waals surface area (Å²) in [7, 11) is 6.03. The number of hydrogen-bond acceptors (Lipinski definition) is 5. The molecule has 2 aromatic rings. The summed E-state index contributed by atoms with van der Waals surface area (Å²) >= 11 is 0. The first-order valence-corrected chi connectivity index (χ1v) is 7.59. The van der Waals surface area contributed by atoms with Gasteiger partial charge in [-0.05, 0) is 27.1 Å². The van der Waals surface area contributed by atoms with Gasteiger partial charge in [-0.25, -0.2) is 14.4 Å². The fourth-order valence-electron chi connectivity index (χ4n) is 2.31. The number of aromatic nitrogens is 2. The molecule has 2 rings (SSSR count). The molecule has 0 aliphatic rings. The average Bonchev–Trinajstić information content (AvgIpc) is 2.55. The molecule has 1 aromatic carbocycles. The van der Waals surface area contributed by atoms with Crippen molar-refractivity contribution in [3.05, 3.63) is 42.0 Å². The van der Waals surface area contributed by atoms with Gasteiger partial charge in [-0.2, -0.15) is 0 Å². The van der Waals surface area contributed by atoms with Crippen molar-refractivity contribution in [2.24, 2.45) is 0 Å². The zero-order valence-corrected chi connectivity index (χ0v) is 13.8. The van der Waals surface area contributed by atoms with Gasteiger partial charge in [0.05, 0.1) is 6.61 Å². The van der Waals surface area contributed by atoms with Gasteiger partial charge in [-0.1, -0.05) is 18.2 Å². The quantitative estimate of drug-likeness (QED) is 0.848. The number of hydrogen-bond donors (Lipinski definition) is 1. The lowest BCUT2D eigenvalue weighted by molar-refractivity contribution is 0.276. The number of anilines is 1. The third-order valence-electron chi connectivity index (χ3n) is 3.64. The van der Waals surface area contributed by atoms with Gasteiger partial charge in [0.15, 0.2) is 0 Å². The van der Waals surface area contributed by atoms with Crippen molar-refractivity contribution in [1.29, 1.82) is 0 Å². The summed E-state index contributed by atoms with van der Waals surface area (Å²) in [6.07, 6.45) is 4.25. The van der Waals surface area contributed by atoms with Crippen LogP contribution in [0.3, 0.4) is 0 Å². The molecule has 0 aliphatic carbocycles. The van der Waals surface area contributed by atoms with Crippen LogP contribution in [-0.4, -0.2) is 54.2 Å².